The van der Waals surface area contributed by atoms with Crippen molar-refractivity contribution in [2.75, 3.05) is 0 Å². The van der Waals surface area contributed by atoms with E-state index in [0.29, 0.717) is 5.03 Å². The van der Waals surface area contributed by atoms with Crippen molar-refractivity contribution in [1.82, 2.24) is 0 Å². The molecule has 7 heavy (non-hydrogen) atoms. The summed E-state index contributed by atoms with van der Waals surface area (Å²) in [6.45, 7) is 3.70. The van der Waals surface area contributed by atoms with E-state index in [4.69, 9.17) is 23.2 Å². The molecule has 0 aromatic rings. The highest BCUT2D eigenvalue weighted by Crippen LogP contribution is 2.11. The van der Waals surface area contributed by atoms with Crippen LogP contribution in [0.2, 0.25) is 0 Å². The van der Waals surface area contributed by atoms with E-state index in [1.807, 2.05) is 13.8 Å². The first-order chi connectivity index (χ1) is 3.18. The lowest BCUT2D eigenvalue weighted by molar-refractivity contribution is 1.19. The number of hydrogen-bond acceptors (Lipinski definition) is 0. The van der Waals surface area contributed by atoms with Crippen molar-refractivity contribution < 1.29 is 0 Å². The summed E-state index contributed by atoms with van der Waals surface area (Å²) in [6.07, 6.45) is 1.79. The second-order valence-corrected chi connectivity index (χ2v) is 2.38. The van der Waals surface area contributed by atoms with Gasteiger partial charge in [0.2, 0.25) is 0 Å². The van der Waals surface area contributed by atoms with E-state index in [9.17, 15) is 0 Å². The van der Waals surface area contributed by atoms with Gasteiger partial charge >= 0.3 is 0 Å². The Morgan fingerprint density at radius 2 is 2.14 bits per heavy atom. The molecule has 0 aromatic carbocycles. The molecule has 0 aliphatic rings. The minimum atomic E-state index is -0.0355. The maximum absolute atomic E-state index is 5.53. The van der Waals surface area contributed by atoms with Gasteiger partial charge in [0.1, 0.15) is 0 Å². The molecule has 0 heterocycles. The summed E-state index contributed by atoms with van der Waals surface area (Å²) in [5.74, 6) is 0. The lowest BCUT2D eigenvalue weighted by Gasteiger charge is -1.94. The summed E-state index contributed by atoms with van der Waals surface area (Å²) in [5, 5.41) is 0.674. The second-order valence-electron chi connectivity index (χ2n) is 1.29. The highest BCUT2D eigenvalue weighted by molar-refractivity contribution is 6.37. The monoisotopic (exact) mass is 138 g/mol. The summed E-state index contributed by atoms with van der Waals surface area (Å²) < 4.78 is 0. The van der Waals surface area contributed by atoms with Crippen molar-refractivity contribution in [2.45, 2.75) is 19.2 Å². The third-order valence-corrected chi connectivity index (χ3v) is 1.55. The van der Waals surface area contributed by atoms with E-state index in [1.54, 1.807) is 6.08 Å². The molecule has 0 amide bonds. The SMILES string of the molecule is CC=C(Cl)C(C)Cl. The van der Waals surface area contributed by atoms with Crippen LogP contribution in [0, 0.1) is 0 Å². The molecular formula is C5H8Cl2. The third kappa shape index (κ3) is 2.95. The zero-order chi connectivity index (χ0) is 5.86. The van der Waals surface area contributed by atoms with Gasteiger partial charge in [0.15, 0.2) is 0 Å². The van der Waals surface area contributed by atoms with Crippen LogP contribution in [-0.4, -0.2) is 5.38 Å². The van der Waals surface area contributed by atoms with Gasteiger partial charge in [-0.15, -0.1) is 11.6 Å². The van der Waals surface area contributed by atoms with Gasteiger partial charge in [-0.25, -0.2) is 0 Å². The van der Waals surface area contributed by atoms with Gasteiger partial charge in [-0.05, 0) is 13.8 Å². The molecule has 0 N–H and O–H groups in total. The zero-order valence-corrected chi connectivity index (χ0v) is 5.92. The molecular weight excluding hydrogens is 131 g/mol. The Morgan fingerprint density at radius 3 is 2.14 bits per heavy atom. The number of hydrogen-bond donors (Lipinski definition) is 0. The predicted octanol–water partition coefficient (Wildman–Crippen LogP) is 2.76. The molecule has 0 rings (SSSR count). The van der Waals surface area contributed by atoms with E-state index in [0.717, 1.165) is 0 Å². The van der Waals surface area contributed by atoms with E-state index < -0.39 is 0 Å². The van der Waals surface area contributed by atoms with Crippen LogP contribution in [0.3, 0.4) is 0 Å². The minimum absolute atomic E-state index is 0.0355. The van der Waals surface area contributed by atoms with Gasteiger partial charge in [0, 0.05) is 5.03 Å². The minimum Gasteiger partial charge on any atom is -0.117 e. The second kappa shape index (κ2) is 3.34. The van der Waals surface area contributed by atoms with Gasteiger partial charge in [-0.1, -0.05) is 17.7 Å². The Kier molecular flexibility index (Phi) is 3.49. The molecule has 0 nitrogen and oxygen atoms in total. The molecule has 0 aliphatic heterocycles. The summed E-state index contributed by atoms with van der Waals surface area (Å²) in [5.41, 5.74) is 0. The summed E-state index contributed by atoms with van der Waals surface area (Å²) in [4.78, 5) is 0. The smallest absolute Gasteiger partial charge is 0.0660 e. The van der Waals surface area contributed by atoms with E-state index in [-0.39, 0.29) is 5.38 Å². The van der Waals surface area contributed by atoms with E-state index in [1.165, 1.54) is 0 Å². The van der Waals surface area contributed by atoms with Crippen molar-refractivity contribution >= 4 is 23.2 Å². The molecule has 42 valence electrons. The Hall–Kier alpha value is 0.320. The van der Waals surface area contributed by atoms with Crippen LogP contribution >= 0.6 is 23.2 Å². The third-order valence-electron chi connectivity index (χ3n) is 0.656. The fourth-order valence-corrected chi connectivity index (χ4v) is 0.356. The molecule has 0 bridgehead atoms. The van der Waals surface area contributed by atoms with E-state index in [2.05, 4.69) is 0 Å². The molecule has 0 fully saturated rings. The average Bonchev–Trinajstić information content (AvgIpc) is 1.65. The van der Waals surface area contributed by atoms with Gasteiger partial charge in [-0.3, -0.25) is 0 Å². The van der Waals surface area contributed by atoms with Crippen molar-refractivity contribution in [3.8, 4) is 0 Å². The molecule has 1 unspecified atom stereocenters. The van der Waals surface area contributed by atoms with Crippen LogP contribution in [0.1, 0.15) is 13.8 Å². The first-order valence-electron chi connectivity index (χ1n) is 2.14. The standard InChI is InChI=1S/C5H8Cl2/c1-3-5(7)4(2)6/h3-4H,1-2H3. The van der Waals surface area contributed by atoms with Gasteiger partial charge in [-0.2, -0.15) is 0 Å². The Morgan fingerprint density at radius 1 is 1.71 bits per heavy atom. The molecule has 0 aromatic heterocycles. The lowest BCUT2D eigenvalue weighted by Crippen LogP contribution is -1.86. The van der Waals surface area contributed by atoms with Gasteiger partial charge in [0.25, 0.3) is 0 Å². The zero-order valence-electron chi connectivity index (χ0n) is 4.41. The van der Waals surface area contributed by atoms with Crippen LogP contribution in [0.25, 0.3) is 0 Å². The summed E-state index contributed by atoms with van der Waals surface area (Å²) >= 11 is 11.1. The molecule has 0 aliphatic carbocycles. The number of rotatable bonds is 1. The molecule has 0 saturated carbocycles. The maximum atomic E-state index is 5.53. The topological polar surface area (TPSA) is 0 Å². The van der Waals surface area contributed by atoms with Crippen LogP contribution in [0.5, 0.6) is 0 Å². The highest BCUT2D eigenvalue weighted by atomic mass is 35.5. The predicted molar refractivity (Wildman–Crippen MR) is 34.9 cm³/mol. The lowest BCUT2D eigenvalue weighted by atomic mass is 10.4. The Bertz CT molecular complexity index is 74.1. The molecule has 0 saturated heterocycles. The maximum Gasteiger partial charge on any atom is 0.0660 e. The van der Waals surface area contributed by atoms with Crippen LogP contribution in [0.4, 0.5) is 0 Å². The quantitative estimate of drug-likeness (QED) is 0.490. The fourth-order valence-electron chi connectivity index (χ4n) is 0.230. The number of allylic oxidation sites excluding steroid dienone is 2. The van der Waals surface area contributed by atoms with Crippen LogP contribution in [0.15, 0.2) is 11.1 Å². The molecule has 1 atom stereocenters. The summed E-state index contributed by atoms with van der Waals surface area (Å²) in [7, 11) is 0. The largest absolute Gasteiger partial charge is 0.117 e. The van der Waals surface area contributed by atoms with E-state index >= 15 is 0 Å². The molecule has 2 heteroatoms. The molecule has 0 spiro atoms. The van der Waals surface area contributed by atoms with Crippen molar-refractivity contribution in [2.24, 2.45) is 0 Å². The number of alkyl halides is 1. The molecule has 0 radical (unpaired) electrons. The van der Waals surface area contributed by atoms with Crippen LogP contribution in [-0.2, 0) is 0 Å². The fraction of sp³-hybridized carbons (Fsp3) is 0.600. The Balaban J connectivity index is 3.56. The van der Waals surface area contributed by atoms with Crippen molar-refractivity contribution in [3.63, 3.8) is 0 Å². The van der Waals surface area contributed by atoms with Gasteiger partial charge in [0.05, 0.1) is 5.38 Å². The van der Waals surface area contributed by atoms with Crippen molar-refractivity contribution in [3.05, 3.63) is 11.1 Å². The number of halogens is 2. The van der Waals surface area contributed by atoms with Crippen molar-refractivity contribution in [1.29, 1.82) is 0 Å². The summed E-state index contributed by atoms with van der Waals surface area (Å²) in [6, 6.07) is 0. The Labute approximate surface area is 54.1 Å². The first-order valence-corrected chi connectivity index (χ1v) is 2.95. The van der Waals surface area contributed by atoms with Crippen LogP contribution < -0.4 is 0 Å². The first kappa shape index (κ1) is 7.32. The van der Waals surface area contributed by atoms with Gasteiger partial charge < -0.3 is 0 Å². The normalized spacial score (nSPS) is 16.9. The average molecular weight is 139 g/mol. The highest BCUT2D eigenvalue weighted by Gasteiger charge is 1.96.